The number of rotatable bonds is 8. The van der Waals surface area contributed by atoms with Crippen molar-refractivity contribution in [1.29, 1.82) is 0 Å². The van der Waals surface area contributed by atoms with Gasteiger partial charge >= 0.3 is 0 Å². The van der Waals surface area contributed by atoms with Gasteiger partial charge in [-0.25, -0.2) is 0 Å². The number of aryl methyl sites for hydroxylation is 1. The van der Waals surface area contributed by atoms with Crippen LogP contribution in [0.25, 0.3) is 0 Å². The molecule has 1 fully saturated rings. The summed E-state index contributed by atoms with van der Waals surface area (Å²) in [6.07, 6.45) is 7.77. The zero-order chi connectivity index (χ0) is 29.9. The Morgan fingerprint density at radius 2 is 1.62 bits per heavy atom. The summed E-state index contributed by atoms with van der Waals surface area (Å²) < 4.78 is 5.68. The highest BCUT2D eigenvalue weighted by Gasteiger charge is 2.26. The van der Waals surface area contributed by atoms with Crippen LogP contribution < -0.4 is 10.2 Å². The van der Waals surface area contributed by atoms with E-state index in [9.17, 15) is 9.59 Å². The molecule has 1 N–H and O–H groups in total. The zero-order valence-corrected chi connectivity index (χ0v) is 26.4. The fraction of sp³-hybridized carbons (Fsp3) is 0.600. The third-order valence-electron chi connectivity index (χ3n) is 9.09. The summed E-state index contributed by atoms with van der Waals surface area (Å²) in [5.41, 5.74) is 5.10. The zero-order valence-electron chi connectivity index (χ0n) is 26.4. The minimum Gasteiger partial charge on any atom is -0.381 e. The van der Waals surface area contributed by atoms with Crippen LogP contribution in [0.4, 0.5) is 5.69 Å². The number of anilines is 1. The van der Waals surface area contributed by atoms with Crippen LogP contribution in [0.5, 0.6) is 0 Å². The van der Waals surface area contributed by atoms with E-state index in [1.165, 1.54) is 30.4 Å². The van der Waals surface area contributed by atoms with Gasteiger partial charge in [0.15, 0.2) is 0 Å². The van der Waals surface area contributed by atoms with Gasteiger partial charge in [0.05, 0.1) is 6.04 Å². The molecule has 0 saturated carbocycles. The molecule has 1 atom stereocenters. The molecule has 2 aromatic carbocycles. The quantitative estimate of drug-likeness (QED) is 0.411. The molecule has 4 rings (SSSR count). The lowest BCUT2D eigenvalue weighted by molar-refractivity contribution is -0.116. The summed E-state index contributed by atoms with van der Waals surface area (Å²) in [7, 11) is 0. The molecule has 2 aromatic rings. The van der Waals surface area contributed by atoms with E-state index in [0.29, 0.717) is 24.7 Å². The van der Waals surface area contributed by atoms with Crippen molar-refractivity contribution in [2.24, 2.45) is 0 Å². The lowest BCUT2D eigenvalue weighted by Gasteiger charge is -2.36. The van der Waals surface area contributed by atoms with Gasteiger partial charge in [0, 0.05) is 57.1 Å². The first-order chi connectivity index (χ1) is 20.4. The summed E-state index contributed by atoms with van der Waals surface area (Å²) >= 11 is 0. The van der Waals surface area contributed by atoms with Crippen molar-refractivity contribution in [2.75, 3.05) is 50.8 Å². The smallest absolute Gasteiger partial charge is 0.251 e. The van der Waals surface area contributed by atoms with Crippen LogP contribution in [0.1, 0.15) is 98.8 Å². The van der Waals surface area contributed by atoms with Gasteiger partial charge in [0.25, 0.3) is 5.91 Å². The highest BCUT2D eigenvalue weighted by atomic mass is 16.5. The third kappa shape index (κ3) is 8.65. The van der Waals surface area contributed by atoms with Gasteiger partial charge in [-0.15, -0.1) is 0 Å². The molecule has 1 unspecified atom stereocenters. The molecule has 2 amide bonds. The first-order valence-corrected chi connectivity index (χ1v) is 16.2. The Bertz CT molecular complexity index is 1140. The second kappa shape index (κ2) is 16.2. The lowest BCUT2D eigenvalue weighted by atomic mass is 10.0. The summed E-state index contributed by atoms with van der Waals surface area (Å²) in [5, 5.41) is 3.25. The molecule has 7 nitrogen and oxygen atoms in total. The van der Waals surface area contributed by atoms with Crippen LogP contribution in [-0.2, 0) is 16.1 Å². The van der Waals surface area contributed by atoms with E-state index in [4.69, 9.17) is 4.74 Å². The van der Waals surface area contributed by atoms with Gasteiger partial charge in [-0.1, -0.05) is 62.9 Å². The van der Waals surface area contributed by atoms with Gasteiger partial charge in [-0.2, -0.15) is 0 Å². The molecule has 7 heteroatoms. The van der Waals surface area contributed by atoms with E-state index in [1.54, 1.807) is 6.92 Å². The molecule has 2 heterocycles. The van der Waals surface area contributed by atoms with Crippen molar-refractivity contribution >= 4 is 17.5 Å². The Morgan fingerprint density at radius 1 is 0.952 bits per heavy atom. The maximum Gasteiger partial charge on any atom is 0.251 e. The summed E-state index contributed by atoms with van der Waals surface area (Å²) in [6.45, 7) is 14.5. The molecular formula is C35H52N4O3. The Hall–Kier alpha value is -2.74. The number of carbonyl (C=O) groups excluding carboxylic acids is 2. The molecule has 2 aliphatic heterocycles. The van der Waals surface area contributed by atoms with Crippen LogP contribution in [0.3, 0.4) is 0 Å². The maximum atomic E-state index is 13.7. The predicted octanol–water partition coefficient (Wildman–Crippen LogP) is 6.11. The third-order valence-corrected chi connectivity index (χ3v) is 9.09. The lowest BCUT2D eigenvalue weighted by Crippen LogP contribution is -2.40. The normalized spacial score (nSPS) is 18.5. The van der Waals surface area contributed by atoms with Crippen molar-refractivity contribution < 1.29 is 14.3 Å². The second-order valence-electron chi connectivity index (χ2n) is 12.0. The first kappa shape index (κ1) is 32.2. The fourth-order valence-electron chi connectivity index (χ4n) is 6.54. The summed E-state index contributed by atoms with van der Waals surface area (Å²) in [4.78, 5) is 33.4. The minimum atomic E-state index is -0.0693. The molecule has 2 aliphatic rings. The minimum absolute atomic E-state index is 0.0586. The van der Waals surface area contributed by atoms with Gasteiger partial charge < -0.3 is 15.0 Å². The van der Waals surface area contributed by atoms with E-state index in [2.05, 4.69) is 60.2 Å². The van der Waals surface area contributed by atoms with E-state index < -0.39 is 0 Å². The second-order valence-corrected chi connectivity index (χ2v) is 12.0. The van der Waals surface area contributed by atoms with Crippen LogP contribution in [0, 0.1) is 6.92 Å². The average Bonchev–Trinajstić information content (AvgIpc) is 3.00. The number of carbonyl (C=O) groups is 2. The van der Waals surface area contributed by atoms with Crippen LogP contribution in [0.15, 0.2) is 42.5 Å². The Labute approximate surface area is 253 Å². The molecule has 0 aromatic heterocycles. The Kier molecular flexibility index (Phi) is 12.4. The molecule has 42 heavy (non-hydrogen) atoms. The number of ether oxygens (including phenoxy) is 1. The summed E-state index contributed by atoms with van der Waals surface area (Å²) in [5.74, 6) is -0.0107. The summed E-state index contributed by atoms with van der Waals surface area (Å²) in [6, 6.07) is 15.1. The van der Waals surface area contributed by atoms with Crippen LogP contribution >= 0.6 is 0 Å². The van der Waals surface area contributed by atoms with Crippen molar-refractivity contribution in [2.45, 2.75) is 91.3 Å². The van der Waals surface area contributed by atoms with Gasteiger partial charge in [-0.05, 0) is 81.6 Å². The number of nitrogens with zero attached hydrogens (tertiary/aromatic N) is 3. The topological polar surface area (TPSA) is 65.1 Å². The standard InChI is InChI=1S/C35H52N4O3/c1-5-37(6-2)34(29-14-12-27(3)13-15-29)25-36-35(41)30-16-17-33-31(24-30)26-38(32-18-22-42-23-19-32)20-10-8-7-9-11-21-39(33)28(4)40/h12-17,24,32,34H,5-11,18-23,25-26H2,1-4H3,(H,36,41). The molecular weight excluding hydrogens is 524 g/mol. The van der Waals surface area contributed by atoms with Crippen LogP contribution in [-0.4, -0.2) is 73.6 Å². The molecule has 0 spiro atoms. The van der Waals surface area contributed by atoms with Crippen molar-refractivity contribution in [3.8, 4) is 0 Å². The number of hydrogen-bond donors (Lipinski definition) is 1. The van der Waals surface area contributed by atoms with Crippen LogP contribution in [0.2, 0.25) is 0 Å². The monoisotopic (exact) mass is 576 g/mol. The molecule has 0 aliphatic carbocycles. The number of hydrogen-bond acceptors (Lipinski definition) is 5. The van der Waals surface area contributed by atoms with Crippen molar-refractivity contribution in [3.05, 3.63) is 64.7 Å². The van der Waals surface area contributed by atoms with Gasteiger partial charge in [-0.3, -0.25) is 19.4 Å². The number of benzene rings is 2. The Morgan fingerprint density at radius 3 is 2.29 bits per heavy atom. The van der Waals surface area contributed by atoms with E-state index in [0.717, 1.165) is 76.3 Å². The maximum absolute atomic E-state index is 13.7. The molecule has 230 valence electrons. The first-order valence-electron chi connectivity index (χ1n) is 16.2. The number of nitrogens with one attached hydrogen (secondary N) is 1. The predicted molar refractivity (Wildman–Crippen MR) is 171 cm³/mol. The van der Waals surface area contributed by atoms with Gasteiger partial charge in [0.1, 0.15) is 0 Å². The van der Waals surface area contributed by atoms with E-state index >= 15 is 0 Å². The fourth-order valence-corrected chi connectivity index (χ4v) is 6.54. The highest BCUT2D eigenvalue weighted by Crippen LogP contribution is 2.29. The SMILES string of the molecule is CCN(CC)C(CNC(=O)c1ccc2c(c1)CN(C1CCOCC1)CCCCCCCN2C(C)=O)c1ccc(C)cc1. The van der Waals surface area contributed by atoms with E-state index in [1.807, 2.05) is 23.1 Å². The van der Waals surface area contributed by atoms with E-state index in [-0.39, 0.29) is 17.9 Å². The highest BCUT2D eigenvalue weighted by molar-refractivity contribution is 5.97. The number of likely N-dealkylation sites (N-methyl/N-ethyl adjacent to an activating group) is 1. The molecule has 1 saturated heterocycles. The molecule has 0 bridgehead atoms. The largest absolute Gasteiger partial charge is 0.381 e. The van der Waals surface area contributed by atoms with Gasteiger partial charge in [0.2, 0.25) is 5.91 Å². The molecule has 0 radical (unpaired) electrons. The average molecular weight is 577 g/mol. The number of amides is 2. The van der Waals surface area contributed by atoms with Crippen molar-refractivity contribution in [3.63, 3.8) is 0 Å². The number of fused-ring (bicyclic) bond motifs is 1. The Balaban J connectivity index is 1.61. The van der Waals surface area contributed by atoms with Crippen molar-refractivity contribution in [1.82, 2.24) is 15.1 Å².